The second-order valence-corrected chi connectivity index (χ2v) is 8.26. The quantitative estimate of drug-likeness (QED) is 0.487. The van der Waals surface area contributed by atoms with Crippen LogP contribution in [0.25, 0.3) is 0 Å². The molecule has 1 aromatic carbocycles. The Morgan fingerprint density at radius 2 is 1.58 bits per heavy atom. The third kappa shape index (κ3) is 4.63. The first-order valence-electron chi connectivity index (χ1n) is 7.15. The fourth-order valence-corrected chi connectivity index (χ4v) is 5.14. The highest BCUT2D eigenvalue weighted by Crippen LogP contribution is 2.49. The van der Waals surface area contributed by atoms with Crippen LogP contribution in [-0.2, 0) is 4.57 Å². The number of nitrogens with zero attached hydrogens (tertiary/aromatic N) is 1. The van der Waals surface area contributed by atoms with Gasteiger partial charge in [0.25, 0.3) is 0 Å². The summed E-state index contributed by atoms with van der Waals surface area (Å²) < 4.78 is 15.4. The third-order valence-electron chi connectivity index (χ3n) is 3.32. The Balaban J connectivity index is 2.96. The molecular weight excluding hydrogens is 277 g/mol. The van der Waals surface area contributed by atoms with Crippen LogP contribution in [0.1, 0.15) is 39.5 Å². The standard InChI is InChI=1S/C15H25ClNOP/c1-3-5-12-17(13-6-4-2)19(18,14-16)15-10-8-7-9-11-15/h7-11H,3-6,12-14H2,1-2H3. The Morgan fingerprint density at radius 3 is 2.00 bits per heavy atom. The number of rotatable bonds is 9. The van der Waals surface area contributed by atoms with E-state index in [4.69, 9.17) is 11.6 Å². The first kappa shape index (κ1) is 16.8. The lowest BCUT2D eigenvalue weighted by molar-refractivity contribution is 0.401. The molecule has 1 unspecified atom stereocenters. The van der Waals surface area contributed by atoms with Crippen LogP contribution in [-0.4, -0.2) is 23.4 Å². The number of halogens is 1. The summed E-state index contributed by atoms with van der Waals surface area (Å²) in [6.45, 7) is 6.06. The maximum absolute atomic E-state index is 13.3. The molecule has 0 saturated heterocycles. The Morgan fingerprint density at radius 1 is 1.05 bits per heavy atom. The van der Waals surface area contributed by atoms with Crippen molar-refractivity contribution in [2.75, 3.05) is 18.7 Å². The van der Waals surface area contributed by atoms with Gasteiger partial charge in [-0.15, -0.1) is 11.6 Å². The van der Waals surface area contributed by atoms with Crippen LogP contribution in [0.15, 0.2) is 30.3 Å². The highest BCUT2D eigenvalue weighted by molar-refractivity contribution is 7.70. The molecule has 0 spiro atoms. The molecular formula is C15H25ClNOP. The largest absolute Gasteiger partial charge is 0.300 e. The van der Waals surface area contributed by atoms with E-state index in [1.54, 1.807) is 0 Å². The second kappa shape index (κ2) is 8.79. The Labute approximate surface area is 122 Å². The molecule has 0 bridgehead atoms. The highest BCUT2D eigenvalue weighted by Gasteiger charge is 2.30. The molecule has 0 fully saturated rings. The molecule has 1 rings (SSSR count). The number of alkyl halides is 1. The molecule has 0 saturated carbocycles. The predicted octanol–water partition coefficient (Wildman–Crippen LogP) is 4.69. The van der Waals surface area contributed by atoms with Crippen molar-refractivity contribution in [3.63, 3.8) is 0 Å². The predicted molar refractivity (Wildman–Crippen MR) is 85.8 cm³/mol. The molecule has 0 N–H and O–H groups in total. The van der Waals surface area contributed by atoms with Crippen LogP contribution < -0.4 is 5.30 Å². The van der Waals surface area contributed by atoms with Crippen molar-refractivity contribution in [2.24, 2.45) is 0 Å². The van der Waals surface area contributed by atoms with Gasteiger partial charge in [0.1, 0.15) is 0 Å². The van der Waals surface area contributed by atoms with E-state index in [1.807, 2.05) is 30.3 Å². The van der Waals surface area contributed by atoms with Gasteiger partial charge >= 0.3 is 0 Å². The van der Waals surface area contributed by atoms with E-state index in [0.29, 0.717) is 0 Å². The number of benzene rings is 1. The van der Waals surface area contributed by atoms with Gasteiger partial charge < -0.3 is 4.57 Å². The van der Waals surface area contributed by atoms with E-state index < -0.39 is 7.29 Å². The van der Waals surface area contributed by atoms with Crippen LogP contribution in [0.5, 0.6) is 0 Å². The molecule has 0 heterocycles. The summed E-state index contributed by atoms with van der Waals surface area (Å²) in [4.78, 5) is 0. The molecule has 4 heteroatoms. The zero-order chi connectivity index (χ0) is 14.1. The Kier molecular flexibility index (Phi) is 7.75. The van der Waals surface area contributed by atoms with Crippen LogP contribution in [0.4, 0.5) is 0 Å². The van der Waals surface area contributed by atoms with E-state index in [0.717, 1.165) is 44.1 Å². The summed E-state index contributed by atoms with van der Waals surface area (Å²) in [6, 6.07) is 9.70. The number of hydrogen-bond donors (Lipinski definition) is 0. The summed E-state index contributed by atoms with van der Waals surface area (Å²) in [5, 5.41) is 0.886. The van der Waals surface area contributed by atoms with Gasteiger partial charge in [0.15, 0.2) is 7.29 Å². The lowest BCUT2D eigenvalue weighted by atomic mass is 10.3. The van der Waals surface area contributed by atoms with E-state index in [1.165, 1.54) is 0 Å². The van der Waals surface area contributed by atoms with Crippen molar-refractivity contribution in [2.45, 2.75) is 39.5 Å². The first-order valence-corrected chi connectivity index (χ1v) is 9.53. The molecule has 0 radical (unpaired) electrons. The summed E-state index contributed by atoms with van der Waals surface area (Å²) in [7, 11) is -2.62. The minimum absolute atomic E-state index is 0.199. The van der Waals surface area contributed by atoms with Crippen molar-refractivity contribution < 1.29 is 4.57 Å². The van der Waals surface area contributed by atoms with E-state index in [2.05, 4.69) is 18.5 Å². The molecule has 108 valence electrons. The molecule has 1 aromatic rings. The molecule has 0 aliphatic rings. The Hall–Kier alpha value is -0.300. The van der Waals surface area contributed by atoms with Gasteiger partial charge in [-0.2, -0.15) is 0 Å². The van der Waals surface area contributed by atoms with Crippen LogP contribution in [0, 0.1) is 0 Å². The summed E-state index contributed by atoms with van der Waals surface area (Å²) in [5.41, 5.74) is 0.199. The van der Waals surface area contributed by atoms with Gasteiger partial charge in [-0.3, -0.25) is 0 Å². The molecule has 0 aromatic heterocycles. The van der Waals surface area contributed by atoms with Crippen molar-refractivity contribution in [1.29, 1.82) is 0 Å². The van der Waals surface area contributed by atoms with Gasteiger partial charge in [0.2, 0.25) is 0 Å². The molecule has 0 aliphatic heterocycles. The third-order valence-corrected chi connectivity index (χ3v) is 7.03. The summed E-state index contributed by atoms with van der Waals surface area (Å²) >= 11 is 6.09. The van der Waals surface area contributed by atoms with Crippen molar-refractivity contribution in [3.05, 3.63) is 30.3 Å². The molecule has 0 amide bonds. The average molecular weight is 302 g/mol. The fraction of sp³-hybridized carbons (Fsp3) is 0.600. The smallest absolute Gasteiger partial charge is 0.192 e. The van der Waals surface area contributed by atoms with Crippen LogP contribution in [0.3, 0.4) is 0 Å². The zero-order valence-corrected chi connectivity index (χ0v) is 13.7. The topological polar surface area (TPSA) is 20.3 Å². The second-order valence-electron chi connectivity index (χ2n) is 4.82. The average Bonchev–Trinajstić information content (AvgIpc) is 2.47. The minimum atomic E-state index is -2.62. The van der Waals surface area contributed by atoms with E-state index >= 15 is 0 Å². The maximum atomic E-state index is 13.3. The fourth-order valence-electron chi connectivity index (χ4n) is 2.08. The number of hydrogen-bond acceptors (Lipinski definition) is 1. The molecule has 2 nitrogen and oxygen atoms in total. The minimum Gasteiger partial charge on any atom is -0.300 e. The Bertz CT molecular complexity index is 388. The SMILES string of the molecule is CCCCN(CCCC)P(=O)(CCl)c1ccccc1. The highest BCUT2D eigenvalue weighted by atomic mass is 35.5. The first-order chi connectivity index (χ1) is 9.19. The van der Waals surface area contributed by atoms with Crippen LogP contribution in [0.2, 0.25) is 0 Å². The molecule has 1 atom stereocenters. The lowest BCUT2D eigenvalue weighted by Gasteiger charge is -2.30. The van der Waals surface area contributed by atoms with Gasteiger partial charge in [0.05, 0.1) is 5.62 Å². The summed E-state index contributed by atoms with van der Waals surface area (Å²) in [5.74, 6) is 0. The molecule has 0 aliphatic carbocycles. The maximum Gasteiger partial charge on any atom is 0.192 e. The van der Waals surface area contributed by atoms with E-state index in [9.17, 15) is 4.57 Å². The summed E-state index contributed by atoms with van der Waals surface area (Å²) in [6.07, 6.45) is 4.36. The van der Waals surface area contributed by atoms with Crippen molar-refractivity contribution in [3.8, 4) is 0 Å². The van der Waals surface area contributed by atoms with E-state index in [-0.39, 0.29) is 5.62 Å². The number of unbranched alkanes of at least 4 members (excludes halogenated alkanes) is 2. The normalized spacial score (nSPS) is 14.5. The molecule has 19 heavy (non-hydrogen) atoms. The van der Waals surface area contributed by atoms with Crippen molar-refractivity contribution >= 4 is 24.2 Å². The van der Waals surface area contributed by atoms with Gasteiger partial charge in [0, 0.05) is 18.4 Å². The van der Waals surface area contributed by atoms with Crippen molar-refractivity contribution in [1.82, 2.24) is 4.67 Å². The van der Waals surface area contributed by atoms with Crippen LogP contribution >= 0.6 is 18.9 Å². The lowest BCUT2D eigenvalue weighted by Crippen LogP contribution is -2.29. The van der Waals surface area contributed by atoms with Gasteiger partial charge in [-0.1, -0.05) is 57.0 Å². The monoisotopic (exact) mass is 301 g/mol. The zero-order valence-electron chi connectivity index (χ0n) is 12.0. The van der Waals surface area contributed by atoms with Gasteiger partial charge in [-0.05, 0) is 12.8 Å². The van der Waals surface area contributed by atoms with Gasteiger partial charge in [-0.25, -0.2) is 4.67 Å².